The minimum atomic E-state index is -0.342. The van der Waals surface area contributed by atoms with E-state index in [0.29, 0.717) is 19.5 Å². The highest BCUT2D eigenvalue weighted by Gasteiger charge is 2.29. The predicted octanol–water partition coefficient (Wildman–Crippen LogP) is -0.420. The van der Waals surface area contributed by atoms with Crippen molar-refractivity contribution < 1.29 is 14.6 Å². The molecule has 1 aliphatic heterocycles. The van der Waals surface area contributed by atoms with Crippen LogP contribution in [-0.4, -0.2) is 54.9 Å². The molecule has 1 saturated heterocycles. The molecule has 3 atom stereocenters. The Labute approximate surface area is 96.6 Å². The Kier molecular flexibility index (Phi) is 5.18. The monoisotopic (exact) mass is 230 g/mol. The van der Waals surface area contributed by atoms with Crippen molar-refractivity contribution in [3.8, 4) is 0 Å². The van der Waals surface area contributed by atoms with Crippen LogP contribution >= 0.6 is 0 Å². The molecule has 0 aromatic carbocycles. The molecular weight excluding hydrogens is 208 g/mol. The molecule has 5 nitrogen and oxygen atoms in total. The van der Waals surface area contributed by atoms with E-state index in [1.807, 2.05) is 0 Å². The summed E-state index contributed by atoms with van der Waals surface area (Å²) in [7, 11) is 1.56. The Morgan fingerprint density at radius 3 is 2.81 bits per heavy atom. The number of hydrogen-bond donors (Lipinski definition) is 2. The van der Waals surface area contributed by atoms with Gasteiger partial charge in [0.15, 0.2) is 0 Å². The van der Waals surface area contributed by atoms with Crippen molar-refractivity contribution >= 4 is 5.91 Å². The standard InChI is InChI=1S/C11H22N2O3/c1-8(14)9-3-4-13(7-9)11(15)5-10(6-12)16-2/h8-10,14H,3-7,12H2,1-2H3. The molecule has 0 aliphatic carbocycles. The highest BCUT2D eigenvalue weighted by atomic mass is 16.5. The minimum absolute atomic E-state index is 0.0699. The number of ether oxygens (including phenoxy) is 1. The van der Waals surface area contributed by atoms with Gasteiger partial charge in [0.25, 0.3) is 0 Å². The first-order valence-electron chi connectivity index (χ1n) is 5.77. The van der Waals surface area contributed by atoms with Gasteiger partial charge in [-0.1, -0.05) is 0 Å². The molecule has 1 fully saturated rings. The van der Waals surface area contributed by atoms with Gasteiger partial charge in [-0.2, -0.15) is 0 Å². The van der Waals surface area contributed by atoms with E-state index in [1.54, 1.807) is 18.9 Å². The summed E-state index contributed by atoms with van der Waals surface area (Å²) in [5, 5.41) is 9.44. The minimum Gasteiger partial charge on any atom is -0.393 e. The molecule has 1 amide bonds. The van der Waals surface area contributed by atoms with E-state index in [1.165, 1.54) is 0 Å². The maximum Gasteiger partial charge on any atom is 0.225 e. The molecule has 0 aromatic rings. The Hall–Kier alpha value is -0.650. The number of aliphatic hydroxyl groups is 1. The number of rotatable bonds is 5. The third-order valence-electron chi connectivity index (χ3n) is 3.26. The van der Waals surface area contributed by atoms with Crippen LogP contribution in [0.25, 0.3) is 0 Å². The second-order valence-corrected chi connectivity index (χ2v) is 4.43. The largest absolute Gasteiger partial charge is 0.393 e. The van der Waals surface area contributed by atoms with E-state index in [0.717, 1.165) is 13.0 Å². The molecule has 0 radical (unpaired) electrons. The second-order valence-electron chi connectivity index (χ2n) is 4.43. The van der Waals surface area contributed by atoms with Crippen LogP contribution < -0.4 is 5.73 Å². The van der Waals surface area contributed by atoms with Gasteiger partial charge >= 0.3 is 0 Å². The van der Waals surface area contributed by atoms with E-state index >= 15 is 0 Å². The lowest BCUT2D eigenvalue weighted by molar-refractivity contribution is -0.132. The van der Waals surface area contributed by atoms with E-state index in [2.05, 4.69) is 0 Å². The summed E-state index contributed by atoms with van der Waals surface area (Å²) in [6, 6.07) is 0. The summed E-state index contributed by atoms with van der Waals surface area (Å²) in [6.07, 6.45) is 0.673. The predicted molar refractivity (Wildman–Crippen MR) is 60.8 cm³/mol. The van der Waals surface area contributed by atoms with Crippen molar-refractivity contribution in [1.82, 2.24) is 4.90 Å². The normalized spacial score (nSPS) is 24.5. The summed E-state index contributed by atoms with van der Waals surface area (Å²) in [5.41, 5.74) is 5.47. The number of carbonyl (C=O) groups is 1. The lowest BCUT2D eigenvalue weighted by Crippen LogP contribution is -2.35. The van der Waals surface area contributed by atoms with Crippen LogP contribution in [0.5, 0.6) is 0 Å². The fourth-order valence-corrected chi connectivity index (χ4v) is 1.99. The highest BCUT2D eigenvalue weighted by Crippen LogP contribution is 2.20. The number of nitrogens with two attached hydrogens (primary N) is 1. The molecule has 3 unspecified atom stereocenters. The summed E-state index contributed by atoms with van der Waals surface area (Å²) in [6.45, 7) is 3.51. The molecule has 16 heavy (non-hydrogen) atoms. The van der Waals surface area contributed by atoms with Crippen molar-refractivity contribution in [3.05, 3.63) is 0 Å². The summed E-state index contributed by atoms with van der Waals surface area (Å²) < 4.78 is 5.08. The number of amides is 1. The van der Waals surface area contributed by atoms with Gasteiger partial charge in [0.1, 0.15) is 0 Å². The fraction of sp³-hybridized carbons (Fsp3) is 0.909. The van der Waals surface area contributed by atoms with Crippen molar-refractivity contribution in [2.24, 2.45) is 11.7 Å². The van der Waals surface area contributed by atoms with E-state index < -0.39 is 0 Å². The van der Waals surface area contributed by atoms with Crippen LogP contribution in [0.2, 0.25) is 0 Å². The lowest BCUT2D eigenvalue weighted by Gasteiger charge is -2.20. The number of carbonyl (C=O) groups excluding carboxylic acids is 1. The first kappa shape index (κ1) is 13.4. The average molecular weight is 230 g/mol. The van der Waals surface area contributed by atoms with Gasteiger partial charge in [-0.05, 0) is 13.3 Å². The first-order chi connectivity index (χ1) is 7.58. The summed E-state index contributed by atoms with van der Waals surface area (Å²) in [4.78, 5) is 13.6. The quantitative estimate of drug-likeness (QED) is 0.672. The molecule has 1 aliphatic rings. The number of hydrogen-bond acceptors (Lipinski definition) is 4. The molecular formula is C11H22N2O3. The zero-order chi connectivity index (χ0) is 12.1. The van der Waals surface area contributed by atoms with Crippen LogP contribution in [0.3, 0.4) is 0 Å². The molecule has 94 valence electrons. The van der Waals surface area contributed by atoms with Gasteiger partial charge in [-0.25, -0.2) is 0 Å². The summed E-state index contributed by atoms with van der Waals surface area (Å²) in [5.74, 6) is 0.281. The molecule has 1 heterocycles. The number of methoxy groups -OCH3 is 1. The zero-order valence-corrected chi connectivity index (χ0v) is 10.1. The molecule has 0 saturated carbocycles. The third-order valence-corrected chi connectivity index (χ3v) is 3.26. The van der Waals surface area contributed by atoms with Gasteiger partial charge in [-0.3, -0.25) is 4.79 Å². The Balaban J connectivity index is 2.39. The van der Waals surface area contributed by atoms with Crippen molar-refractivity contribution in [2.45, 2.75) is 32.0 Å². The maximum atomic E-state index is 11.9. The SMILES string of the molecule is COC(CN)CC(=O)N1CCC(C(C)O)C1. The molecule has 3 N–H and O–H groups in total. The van der Waals surface area contributed by atoms with Crippen molar-refractivity contribution in [1.29, 1.82) is 0 Å². The van der Waals surface area contributed by atoms with Crippen LogP contribution in [0.1, 0.15) is 19.8 Å². The maximum absolute atomic E-state index is 11.9. The Morgan fingerprint density at radius 2 is 2.38 bits per heavy atom. The van der Waals surface area contributed by atoms with E-state index in [9.17, 15) is 9.90 Å². The molecule has 0 bridgehead atoms. The van der Waals surface area contributed by atoms with Gasteiger partial charge in [0.2, 0.25) is 5.91 Å². The Bertz CT molecular complexity index is 229. The van der Waals surface area contributed by atoms with Crippen molar-refractivity contribution in [2.75, 3.05) is 26.7 Å². The van der Waals surface area contributed by atoms with Gasteiger partial charge in [0.05, 0.1) is 18.6 Å². The van der Waals surface area contributed by atoms with Gasteiger partial charge < -0.3 is 20.5 Å². The van der Waals surface area contributed by atoms with Crippen LogP contribution in [0.15, 0.2) is 0 Å². The van der Waals surface area contributed by atoms with E-state index in [-0.39, 0.29) is 24.0 Å². The number of likely N-dealkylation sites (tertiary alicyclic amines) is 1. The van der Waals surface area contributed by atoms with Crippen LogP contribution in [0.4, 0.5) is 0 Å². The van der Waals surface area contributed by atoms with Gasteiger partial charge in [0, 0.05) is 32.7 Å². The molecule has 1 rings (SSSR count). The third kappa shape index (κ3) is 3.43. The zero-order valence-electron chi connectivity index (χ0n) is 10.1. The fourth-order valence-electron chi connectivity index (χ4n) is 1.99. The highest BCUT2D eigenvalue weighted by molar-refractivity contribution is 5.77. The van der Waals surface area contributed by atoms with Crippen LogP contribution in [-0.2, 0) is 9.53 Å². The Morgan fingerprint density at radius 1 is 1.69 bits per heavy atom. The summed E-state index contributed by atoms with van der Waals surface area (Å²) >= 11 is 0. The average Bonchev–Trinajstić information content (AvgIpc) is 2.74. The number of aliphatic hydroxyl groups excluding tert-OH is 1. The molecule has 0 spiro atoms. The molecule has 0 aromatic heterocycles. The number of nitrogens with zero attached hydrogens (tertiary/aromatic N) is 1. The van der Waals surface area contributed by atoms with E-state index in [4.69, 9.17) is 10.5 Å². The smallest absolute Gasteiger partial charge is 0.225 e. The molecule has 5 heteroatoms. The lowest BCUT2D eigenvalue weighted by atomic mass is 10.0. The van der Waals surface area contributed by atoms with Crippen LogP contribution in [0, 0.1) is 5.92 Å². The first-order valence-corrected chi connectivity index (χ1v) is 5.77. The van der Waals surface area contributed by atoms with Crippen molar-refractivity contribution in [3.63, 3.8) is 0 Å². The van der Waals surface area contributed by atoms with Gasteiger partial charge in [-0.15, -0.1) is 0 Å². The second kappa shape index (κ2) is 6.18. The topological polar surface area (TPSA) is 75.8 Å².